The fourth-order valence-electron chi connectivity index (χ4n) is 5.06. The molecule has 0 heterocycles. The molecule has 0 aliphatic heterocycles. The second-order valence-corrected chi connectivity index (χ2v) is 8.60. The fraction of sp³-hybridized carbons (Fsp3) is 0.667. The maximum Gasteiger partial charge on any atom is 0.129 e. The molecule has 0 amide bonds. The van der Waals surface area contributed by atoms with Gasteiger partial charge >= 0.3 is 0 Å². The molecule has 0 N–H and O–H groups in total. The van der Waals surface area contributed by atoms with E-state index < -0.39 is 0 Å². The predicted octanol–water partition coefficient (Wildman–Crippen LogP) is 7.02. The molecule has 2 aliphatic carbocycles. The zero-order chi connectivity index (χ0) is 18.4. The lowest BCUT2D eigenvalue weighted by molar-refractivity contribution is 0.181. The van der Waals surface area contributed by atoms with E-state index in [-0.39, 0.29) is 5.82 Å². The van der Waals surface area contributed by atoms with Crippen molar-refractivity contribution in [2.45, 2.75) is 76.7 Å². The van der Waals surface area contributed by atoms with Crippen LogP contribution in [0.15, 0.2) is 30.9 Å². The van der Waals surface area contributed by atoms with Crippen LogP contribution in [-0.2, 0) is 11.3 Å². The van der Waals surface area contributed by atoms with Crippen LogP contribution in [0.4, 0.5) is 4.39 Å². The Kier molecular flexibility index (Phi) is 7.31. The Balaban J connectivity index is 1.41. The summed E-state index contributed by atoms with van der Waals surface area (Å²) in [6, 6.07) is 5.76. The number of halogens is 1. The smallest absolute Gasteiger partial charge is 0.129 e. The minimum Gasteiger partial charge on any atom is -0.380 e. The Hall–Kier alpha value is -1.15. The van der Waals surface area contributed by atoms with Crippen molar-refractivity contribution in [3.05, 3.63) is 47.8 Å². The van der Waals surface area contributed by atoms with E-state index in [1.54, 1.807) is 13.2 Å². The molecule has 0 spiro atoms. The lowest BCUT2D eigenvalue weighted by Crippen LogP contribution is -2.17. The van der Waals surface area contributed by atoms with Gasteiger partial charge < -0.3 is 4.74 Å². The van der Waals surface area contributed by atoms with Crippen molar-refractivity contribution in [1.82, 2.24) is 0 Å². The second-order valence-electron chi connectivity index (χ2n) is 8.60. The lowest BCUT2D eigenvalue weighted by Gasteiger charge is -2.31. The molecule has 2 fully saturated rings. The number of hydrogen-bond donors (Lipinski definition) is 0. The van der Waals surface area contributed by atoms with Crippen LogP contribution in [0.1, 0.15) is 81.3 Å². The lowest BCUT2D eigenvalue weighted by atomic mass is 9.74. The average molecular weight is 359 g/mol. The van der Waals surface area contributed by atoms with Gasteiger partial charge in [0.05, 0.1) is 6.61 Å². The molecule has 2 aliphatic rings. The third-order valence-electron chi connectivity index (χ3n) is 6.90. The molecule has 2 saturated carbocycles. The minimum absolute atomic E-state index is 0.110. The van der Waals surface area contributed by atoms with Gasteiger partial charge in [-0.25, -0.2) is 4.39 Å². The van der Waals surface area contributed by atoms with E-state index in [2.05, 4.69) is 18.7 Å². The van der Waals surface area contributed by atoms with E-state index >= 15 is 0 Å². The molecule has 144 valence electrons. The zero-order valence-electron chi connectivity index (χ0n) is 16.4. The molecule has 0 bridgehead atoms. The van der Waals surface area contributed by atoms with Crippen LogP contribution in [0.3, 0.4) is 0 Å². The summed E-state index contributed by atoms with van der Waals surface area (Å²) in [7, 11) is 1.61. The van der Waals surface area contributed by atoms with Crippen molar-refractivity contribution in [3.8, 4) is 0 Å². The Morgan fingerprint density at radius 3 is 2.15 bits per heavy atom. The van der Waals surface area contributed by atoms with Crippen LogP contribution >= 0.6 is 0 Å². The number of rotatable bonds is 7. The van der Waals surface area contributed by atoms with Crippen molar-refractivity contribution in [1.29, 1.82) is 0 Å². The van der Waals surface area contributed by atoms with Gasteiger partial charge in [0.1, 0.15) is 5.82 Å². The van der Waals surface area contributed by atoms with Crippen LogP contribution in [0.5, 0.6) is 0 Å². The van der Waals surface area contributed by atoms with E-state index in [0.717, 1.165) is 17.8 Å². The summed E-state index contributed by atoms with van der Waals surface area (Å²) in [5.41, 5.74) is 1.85. The van der Waals surface area contributed by atoms with Crippen molar-refractivity contribution >= 4 is 0 Å². The van der Waals surface area contributed by atoms with Gasteiger partial charge in [-0.15, -0.1) is 6.58 Å². The molecular formula is C24H35FO. The highest BCUT2D eigenvalue weighted by Gasteiger charge is 2.25. The first-order chi connectivity index (χ1) is 12.7. The Labute approximate surface area is 159 Å². The van der Waals surface area contributed by atoms with Gasteiger partial charge in [0, 0.05) is 12.7 Å². The quantitative estimate of drug-likeness (QED) is 0.476. The average Bonchev–Trinajstić information content (AvgIpc) is 2.69. The summed E-state index contributed by atoms with van der Waals surface area (Å²) in [6.07, 6.45) is 15.5. The highest BCUT2D eigenvalue weighted by molar-refractivity contribution is 5.27. The summed E-state index contributed by atoms with van der Waals surface area (Å²) < 4.78 is 19.2. The number of hydrogen-bond acceptors (Lipinski definition) is 1. The fourth-order valence-corrected chi connectivity index (χ4v) is 5.06. The molecule has 1 nitrogen and oxygen atoms in total. The zero-order valence-corrected chi connectivity index (χ0v) is 16.4. The summed E-state index contributed by atoms with van der Waals surface area (Å²) in [4.78, 5) is 0. The molecule has 0 radical (unpaired) electrons. The topological polar surface area (TPSA) is 9.23 Å². The molecule has 2 heteroatoms. The van der Waals surface area contributed by atoms with E-state index in [1.807, 2.05) is 6.07 Å². The van der Waals surface area contributed by atoms with Crippen molar-refractivity contribution in [2.24, 2.45) is 17.8 Å². The van der Waals surface area contributed by atoms with Gasteiger partial charge in [0.2, 0.25) is 0 Å². The first-order valence-electron chi connectivity index (χ1n) is 10.6. The summed E-state index contributed by atoms with van der Waals surface area (Å²) in [5.74, 6) is 3.05. The second kappa shape index (κ2) is 9.69. The highest BCUT2D eigenvalue weighted by Crippen LogP contribution is 2.40. The van der Waals surface area contributed by atoms with E-state index in [0.29, 0.717) is 18.1 Å². The largest absolute Gasteiger partial charge is 0.380 e. The molecule has 0 atom stereocenters. The third-order valence-corrected chi connectivity index (χ3v) is 6.90. The summed E-state index contributed by atoms with van der Waals surface area (Å²) >= 11 is 0. The van der Waals surface area contributed by atoms with Crippen LogP contribution in [0.2, 0.25) is 0 Å². The molecule has 0 aromatic heterocycles. The van der Waals surface area contributed by atoms with Gasteiger partial charge in [-0.1, -0.05) is 31.1 Å². The Morgan fingerprint density at radius 1 is 1.00 bits per heavy atom. The van der Waals surface area contributed by atoms with Crippen molar-refractivity contribution < 1.29 is 9.13 Å². The molecule has 3 rings (SSSR count). The molecule has 1 aromatic carbocycles. The van der Waals surface area contributed by atoms with Crippen LogP contribution < -0.4 is 0 Å². The summed E-state index contributed by atoms with van der Waals surface area (Å²) in [5, 5.41) is 0. The van der Waals surface area contributed by atoms with Gasteiger partial charge in [0.25, 0.3) is 0 Å². The van der Waals surface area contributed by atoms with Crippen LogP contribution in [0, 0.1) is 23.6 Å². The predicted molar refractivity (Wildman–Crippen MR) is 107 cm³/mol. The van der Waals surface area contributed by atoms with E-state index in [4.69, 9.17) is 4.74 Å². The molecular weight excluding hydrogens is 323 g/mol. The van der Waals surface area contributed by atoms with Crippen molar-refractivity contribution in [2.75, 3.05) is 7.11 Å². The molecule has 0 unspecified atom stereocenters. The molecule has 26 heavy (non-hydrogen) atoms. The van der Waals surface area contributed by atoms with E-state index in [9.17, 15) is 4.39 Å². The first kappa shape index (κ1) is 19.6. The van der Waals surface area contributed by atoms with Gasteiger partial charge in [-0.05, 0) is 86.7 Å². The number of allylic oxidation sites excluding steroid dienone is 1. The van der Waals surface area contributed by atoms with Crippen LogP contribution in [-0.4, -0.2) is 7.11 Å². The van der Waals surface area contributed by atoms with E-state index in [1.165, 1.54) is 69.8 Å². The monoisotopic (exact) mass is 358 g/mol. The maximum absolute atomic E-state index is 14.2. The number of methoxy groups -OCH3 is 1. The van der Waals surface area contributed by atoms with Gasteiger partial charge in [-0.3, -0.25) is 0 Å². The summed E-state index contributed by atoms with van der Waals surface area (Å²) in [6.45, 7) is 4.31. The Morgan fingerprint density at radius 2 is 1.62 bits per heavy atom. The first-order valence-corrected chi connectivity index (χ1v) is 10.6. The number of benzene rings is 1. The molecule has 1 aromatic rings. The van der Waals surface area contributed by atoms with Crippen molar-refractivity contribution in [3.63, 3.8) is 0 Å². The van der Waals surface area contributed by atoms with Crippen LogP contribution in [0.25, 0.3) is 0 Å². The Bertz CT molecular complexity index is 566. The maximum atomic E-state index is 14.2. The van der Waals surface area contributed by atoms with Gasteiger partial charge in [0.15, 0.2) is 0 Å². The third kappa shape index (κ3) is 5.19. The molecule has 0 saturated heterocycles. The highest BCUT2D eigenvalue weighted by atomic mass is 19.1. The van der Waals surface area contributed by atoms with Gasteiger partial charge in [-0.2, -0.15) is 0 Å². The normalized spacial score (nSPS) is 29.5. The minimum atomic E-state index is -0.110. The number of ether oxygens (including phenoxy) is 1. The SMILES string of the molecule is C=CC1CCC(CCC2CCC(c3ccc(COC)c(F)c3)CC2)CC1. The standard InChI is InChI=1S/C24H35FO/c1-3-18-4-6-19(7-5-18)8-9-20-10-12-21(13-11-20)22-14-15-23(17-26-2)24(25)16-22/h3,14-16,18-21H,1,4-13,17H2,2H3.